The Kier molecular flexibility index (Phi) is 4.48. The SMILES string of the molecule is COCCNCC(=O)Nc1ccc2nc(C)oc2c1. The number of amides is 1. The van der Waals surface area contributed by atoms with Gasteiger partial charge >= 0.3 is 0 Å². The fraction of sp³-hybridized carbons (Fsp3) is 0.385. The summed E-state index contributed by atoms with van der Waals surface area (Å²) in [6, 6.07) is 5.39. The molecule has 0 aliphatic carbocycles. The van der Waals surface area contributed by atoms with E-state index in [1.165, 1.54) is 0 Å². The Bertz CT molecular complexity index is 565. The van der Waals surface area contributed by atoms with Gasteiger partial charge in [0.05, 0.1) is 13.2 Å². The Balaban J connectivity index is 1.91. The number of carbonyl (C=O) groups is 1. The predicted molar refractivity (Wildman–Crippen MR) is 72.1 cm³/mol. The topological polar surface area (TPSA) is 76.4 Å². The van der Waals surface area contributed by atoms with E-state index in [0.717, 1.165) is 5.52 Å². The minimum absolute atomic E-state index is 0.105. The molecule has 0 unspecified atom stereocenters. The maximum atomic E-state index is 11.7. The van der Waals surface area contributed by atoms with Crippen LogP contribution in [0.5, 0.6) is 0 Å². The smallest absolute Gasteiger partial charge is 0.238 e. The molecule has 2 N–H and O–H groups in total. The van der Waals surface area contributed by atoms with Crippen LogP contribution in [0.15, 0.2) is 22.6 Å². The maximum absolute atomic E-state index is 11.7. The van der Waals surface area contributed by atoms with Crippen molar-refractivity contribution >= 4 is 22.7 Å². The molecule has 19 heavy (non-hydrogen) atoms. The molecule has 0 aliphatic heterocycles. The van der Waals surface area contributed by atoms with Crippen molar-refractivity contribution in [3.63, 3.8) is 0 Å². The molecule has 0 saturated carbocycles. The molecule has 1 aromatic heterocycles. The number of benzene rings is 1. The Labute approximate surface area is 111 Å². The summed E-state index contributed by atoms with van der Waals surface area (Å²) in [6.45, 7) is 3.26. The van der Waals surface area contributed by atoms with E-state index in [0.29, 0.717) is 30.3 Å². The molecule has 6 heteroatoms. The molecule has 1 aromatic carbocycles. The first-order valence-electron chi connectivity index (χ1n) is 6.06. The number of rotatable bonds is 6. The van der Waals surface area contributed by atoms with Gasteiger partial charge in [-0.2, -0.15) is 0 Å². The first-order valence-corrected chi connectivity index (χ1v) is 6.06. The molecular formula is C13H17N3O3. The van der Waals surface area contributed by atoms with Gasteiger partial charge in [0.2, 0.25) is 5.91 Å². The number of nitrogens with zero attached hydrogens (tertiary/aromatic N) is 1. The largest absolute Gasteiger partial charge is 0.441 e. The first kappa shape index (κ1) is 13.5. The Morgan fingerprint density at radius 2 is 2.32 bits per heavy atom. The number of carbonyl (C=O) groups excluding carboxylic acids is 1. The van der Waals surface area contributed by atoms with Crippen molar-refractivity contribution in [1.29, 1.82) is 0 Å². The zero-order chi connectivity index (χ0) is 13.7. The van der Waals surface area contributed by atoms with Crippen molar-refractivity contribution in [3.8, 4) is 0 Å². The van der Waals surface area contributed by atoms with Crippen LogP contribution in [-0.4, -0.2) is 37.7 Å². The highest BCUT2D eigenvalue weighted by Gasteiger charge is 2.05. The lowest BCUT2D eigenvalue weighted by molar-refractivity contribution is -0.115. The number of aromatic nitrogens is 1. The molecular weight excluding hydrogens is 246 g/mol. The summed E-state index contributed by atoms with van der Waals surface area (Å²) < 4.78 is 10.3. The normalized spacial score (nSPS) is 10.8. The van der Waals surface area contributed by atoms with E-state index < -0.39 is 0 Å². The quantitative estimate of drug-likeness (QED) is 0.768. The summed E-state index contributed by atoms with van der Waals surface area (Å²) in [7, 11) is 1.62. The van der Waals surface area contributed by atoms with Gasteiger partial charge in [-0.05, 0) is 12.1 Å². The lowest BCUT2D eigenvalue weighted by atomic mass is 10.3. The second-order valence-corrected chi connectivity index (χ2v) is 4.13. The van der Waals surface area contributed by atoms with Gasteiger partial charge in [0, 0.05) is 32.3 Å². The number of anilines is 1. The Morgan fingerprint density at radius 3 is 3.11 bits per heavy atom. The van der Waals surface area contributed by atoms with Crippen LogP contribution in [0.4, 0.5) is 5.69 Å². The van der Waals surface area contributed by atoms with E-state index in [-0.39, 0.29) is 12.5 Å². The van der Waals surface area contributed by atoms with Crippen LogP contribution in [0.25, 0.3) is 11.1 Å². The van der Waals surface area contributed by atoms with Crippen molar-refractivity contribution in [3.05, 3.63) is 24.1 Å². The molecule has 0 spiro atoms. The van der Waals surface area contributed by atoms with E-state index in [2.05, 4.69) is 15.6 Å². The van der Waals surface area contributed by atoms with Crippen LogP contribution in [0, 0.1) is 6.92 Å². The van der Waals surface area contributed by atoms with Gasteiger partial charge in [-0.1, -0.05) is 0 Å². The second kappa shape index (κ2) is 6.31. The number of methoxy groups -OCH3 is 1. The molecule has 102 valence electrons. The number of fused-ring (bicyclic) bond motifs is 1. The molecule has 1 amide bonds. The molecule has 0 aliphatic rings. The van der Waals surface area contributed by atoms with E-state index in [1.54, 1.807) is 26.2 Å². The molecule has 0 atom stereocenters. The average Bonchev–Trinajstić information content (AvgIpc) is 2.74. The predicted octanol–water partition coefficient (Wildman–Crippen LogP) is 1.31. The van der Waals surface area contributed by atoms with Crippen molar-refractivity contribution in [1.82, 2.24) is 10.3 Å². The lowest BCUT2D eigenvalue weighted by Gasteiger charge is -2.06. The van der Waals surface area contributed by atoms with Gasteiger partial charge in [-0.15, -0.1) is 0 Å². The number of hydrogen-bond donors (Lipinski definition) is 2. The summed E-state index contributed by atoms with van der Waals surface area (Å²) in [5, 5.41) is 5.76. The van der Waals surface area contributed by atoms with Gasteiger partial charge in [0.25, 0.3) is 0 Å². The average molecular weight is 263 g/mol. The fourth-order valence-electron chi connectivity index (χ4n) is 1.70. The fourth-order valence-corrected chi connectivity index (χ4v) is 1.70. The van der Waals surface area contributed by atoms with E-state index in [4.69, 9.17) is 9.15 Å². The monoisotopic (exact) mass is 263 g/mol. The summed E-state index contributed by atoms with van der Waals surface area (Å²) >= 11 is 0. The lowest BCUT2D eigenvalue weighted by Crippen LogP contribution is -2.30. The van der Waals surface area contributed by atoms with E-state index in [1.807, 2.05) is 6.07 Å². The Morgan fingerprint density at radius 1 is 1.47 bits per heavy atom. The Hall–Kier alpha value is -1.92. The zero-order valence-corrected chi connectivity index (χ0v) is 11.0. The minimum Gasteiger partial charge on any atom is -0.441 e. The zero-order valence-electron chi connectivity index (χ0n) is 11.0. The highest BCUT2D eigenvalue weighted by Crippen LogP contribution is 2.19. The van der Waals surface area contributed by atoms with Gasteiger partial charge < -0.3 is 19.8 Å². The maximum Gasteiger partial charge on any atom is 0.238 e. The molecule has 2 rings (SSSR count). The van der Waals surface area contributed by atoms with Gasteiger partial charge in [-0.3, -0.25) is 4.79 Å². The molecule has 0 saturated heterocycles. The number of aryl methyl sites for hydroxylation is 1. The summed E-state index contributed by atoms with van der Waals surface area (Å²) in [4.78, 5) is 15.9. The van der Waals surface area contributed by atoms with Crippen molar-refractivity contribution < 1.29 is 13.9 Å². The molecule has 1 heterocycles. The molecule has 2 aromatic rings. The van der Waals surface area contributed by atoms with Crippen LogP contribution in [-0.2, 0) is 9.53 Å². The molecule has 0 radical (unpaired) electrons. The highest BCUT2D eigenvalue weighted by molar-refractivity contribution is 5.93. The van der Waals surface area contributed by atoms with Crippen LogP contribution in [0.3, 0.4) is 0 Å². The van der Waals surface area contributed by atoms with Crippen molar-refractivity contribution in [2.45, 2.75) is 6.92 Å². The van der Waals surface area contributed by atoms with Gasteiger partial charge in [0.1, 0.15) is 5.52 Å². The second-order valence-electron chi connectivity index (χ2n) is 4.13. The number of ether oxygens (including phenoxy) is 1. The van der Waals surface area contributed by atoms with Crippen molar-refractivity contribution in [2.75, 3.05) is 32.1 Å². The minimum atomic E-state index is -0.105. The highest BCUT2D eigenvalue weighted by atomic mass is 16.5. The summed E-state index contributed by atoms with van der Waals surface area (Å²) in [5.41, 5.74) is 2.15. The third-order valence-corrected chi connectivity index (χ3v) is 2.55. The number of nitrogens with one attached hydrogen (secondary N) is 2. The molecule has 0 fully saturated rings. The van der Waals surface area contributed by atoms with Gasteiger partial charge in [-0.25, -0.2) is 4.98 Å². The van der Waals surface area contributed by atoms with Crippen LogP contribution in [0.2, 0.25) is 0 Å². The molecule has 6 nitrogen and oxygen atoms in total. The third-order valence-electron chi connectivity index (χ3n) is 2.55. The number of hydrogen-bond acceptors (Lipinski definition) is 5. The summed E-state index contributed by atoms with van der Waals surface area (Å²) in [6.07, 6.45) is 0. The summed E-state index contributed by atoms with van der Waals surface area (Å²) in [5.74, 6) is 0.506. The third kappa shape index (κ3) is 3.77. The van der Waals surface area contributed by atoms with Crippen LogP contribution >= 0.6 is 0 Å². The standard InChI is InChI=1S/C13H17N3O3/c1-9-15-11-4-3-10(7-12(11)19-9)16-13(17)8-14-5-6-18-2/h3-4,7,14H,5-6,8H2,1-2H3,(H,16,17). The number of oxazole rings is 1. The van der Waals surface area contributed by atoms with E-state index >= 15 is 0 Å². The molecule has 0 bridgehead atoms. The van der Waals surface area contributed by atoms with Crippen molar-refractivity contribution in [2.24, 2.45) is 0 Å². The van der Waals surface area contributed by atoms with Crippen LogP contribution in [0.1, 0.15) is 5.89 Å². The van der Waals surface area contributed by atoms with Gasteiger partial charge in [0.15, 0.2) is 11.5 Å². The van der Waals surface area contributed by atoms with Crippen LogP contribution < -0.4 is 10.6 Å². The first-order chi connectivity index (χ1) is 9.19. The van der Waals surface area contributed by atoms with E-state index in [9.17, 15) is 4.79 Å².